The average molecular weight is 446 g/mol. The highest BCUT2D eigenvalue weighted by Crippen LogP contribution is 2.27. The molecule has 0 fully saturated rings. The van der Waals surface area contributed by atoms with Crippen molar-refractivity contribution in [1.29, 1.82) is 0 Å². The van der Waals surface area contributed by atoms with E-state index in [4.69, 9.17) is 4.74 Å². The third kappa shape index (κ3) is 4.38. The van der Waals surface area contributed by atoms with E-state index in [0.29, 0.717) is 27.5 Å². The molecule has 6 nitrogen and oxygen atoms in total. The molecule has 1 N–H and O–H groups in total. The summed E-state index contributed by atoms with van der Waals surface area (Å²) in [6, 6.07) is 20.4. The molecule has 162 valence electrons. The van der Waals surface area contributed by atoms with Gasteiger partial charge in [-0.2, -0.15) is 0 Å². The first-order valence-electron chi connectivity index (χ1n) is 10.1. The van der Waals surface area contributed by atoms with Crippen LogP contribution in [0.15, 0.2) is 76.7 Å². The predicted octanol–water partition coefficient (Wildman–Crippen LogP) is 4.74. The number of thioether (sulfide) groups is 1. The number of para-hydroxylation sites is 3. The van der Waals surface area contributed by atoms with E-state index >= 15 is 0 Å². The monoisotopic (exact) mass is 445 g/mol. The van der Waals surface area contributed by atoms with Gasteiger partial charge in [-0.15, -0.1) is 0 Å². The van der Waals surface area contributed by atoms with Crippen molar-refractivity contribution in [3.8, 4) is 11.4 Å². The molecule has 0 bridgehead atoms. The maximum Gasteiger partial charge on any atom is 0.266 e. The Hall–Kier alpha value is -3.58. The molecular formula is C25H23N3O3S. The molecule has 1 amide bonds. The number of amides is 1. The lowest BCUT2D eigenvalue weighted by molar-refractivity contribution is -0.113. The first-order valence-corrected chi connectivity index (χ1v) is 11.1. The molecular weight excluding hydrogens is 422 g/mol. The molecule has 1 heterocycles. The van der Waals surface area contributed by atoms with Crippen LogP contribution in [0.25, 0.3) is 16.6 Å². The molecule has 0 aliphatic rings. The quantitative estimate of drug-likeness (QED) is 0.343. The molecule has 1 aromatic heterocycles. The zero-order valence-corrected chi connectivity index (χ0v) is 18.9. The van der Waals surface area contributed by atoms with Crippen LogP contribution in [0.1, 0.15) is 11.1 Å². The lowest BCUT2D eigenvalue weighted by Crippen LogP contribution is -2.23. The first kappa shape index (κ1) is 21.6. The van der Waals surface area contributed by atoms with E-state index in [0.717, 1.165) is 16.8 Å². The zero-order chi connectivity index (χ0) is 22.7. The number of methoxy groups -OCH3 is 1. The van der Waals surface area contributed by atoms with Gasteiger partial charge in [0, 0.05) is 5.69 Å². The van der Waals surface area contributed by atoms with Crippen molar-refractivity contribution in [2.45, 2.75) is 19.0 Å². The molecule has 0 saturated carbocycles. The zero-order valence-electron chi connectivity index (χ0n) is 18.1. The minimum absolute atomic E-state index is 0.104. The van der Waals surface area contributed by atoms with Gasteiger partial charge in [0.1, 0.15) is 5.75 Å². The summed E-state index contributed by atoms with van der Waals surface area (Å²) in [6.45, 7) is 3.93. The molecule has 4 rings (SSSR count). The fraction of sp³-hybridized carbons (Fsp3) is 0.160. The van der Waals surface area contributed by atoms with Crippen LogP contribution in [0.5, 0.6) is 5.75 Å². The molecule has 4 aromatic rings. The van der Waals surface area contributed by atoms with Crippen LogP contribution in [0.2, 0.25) is 0 Å². The summed E-state index contributed by atoms with van der Waals surface area (Å²) in [6.07, 6.45) is 0. The number of carbonyl (C=O) groups is 1. The normalized spacial score (nSPS) is 10.8. The van der Waals surface area contributed by atoms with Crippen LogP contribution in [0, 0.1) is 13.8 Å². The van der Waals surface area contributed by atoms with Gasteiger partial charge in [-0.3, -0.25) is 14.2 Å². The van der Waals surface area contributed by atoms with Gasteiger partial charge in [-0.1, -0.05) is 48.2 Å². The summed E-state index contributed by atoms with van der Waals surface area (Å²) in [4.78, 5) is 30.8. The van der Waals surface area contributed by atoms with Gasteiger partial charge in [0.25, 0.3) is 5.56 Å². The van der Waals surface area contributed by atoms with Crippen LogP contribution < -0.4 is 15.6 Å². The Bertz CT molecular complexity index is 1360. The molecule has 0 spiro atoms. The lowest BCUT2D eigenvalue weighted by atomic mass is 10.1. The van der Waals surface area contributed by atoms with Crippen LogP contribution in [0.3, 0.4) is 0 Å². The number of aryl methyl sites for hydroxylation is 2. The summed E-state index contributed by atoms with van der Waals surface area (Å²) in [7, 11) is 1.56. The Balaban J connectivity index is 1.71. The average Bonchev–Trinajstić information content (AvgIpc) is 2.80. The Morgan fingerprint density at radius 2 is 1.81 bits per heavy atom. The highest BCUT2D eigenvalue weighted by Gasteiger charge is 2.17. The minimum atomic E-state index is -0.211. The number of nitrogens with one attached hydrogen (secondary N) is 1. The van der Waals surface area contributed by atoms with Gasteiger partial charge in [0.2, 0.25) is 5.91 Å². The highest BCUT2D eigenvalue weighted by molar-refractivity contribution is 7.99. The number of rotatable bonds is 6. The van der Waals surface area contributed by atoms with Gasteiger partial charge in [0.05, 0.1) is 29.5 Å². The predicted molar refractivity (Wildman–Crippen MR) is 129 cm³/mol. The van der Waals surface area contributed by atoms with Crippen LogP contribution in [-0.4, -0.2) is 28.3 Å². The summed E-state index contributed by atoms with van der Waals surface area (Å²) < 4.78 is 6.99. The number of benzene rings is 3. The van der Waals surface area contributed by atoms with Crippen molar-refractivity contribution in [3.05, 3.63) is 88.2 Å². The number of fused-ring (bicyclic) bond motifs is 1. The third-order valence-electron chi connectivity index (χ3n) is 5.07. The number of ether oxygens (including phenoxy) is 1. The van der Waals surface area contributed by atoms with Crippen LogP contribution in [0.4, 0.5) is 5.69 Å². The molecule has 32 heavy (non-hydrogen) atoms. The molecule has 0 radical (unpaired) electrons. The summed E-state index contributed by atoms with van der Waals surface area (Å²) >= 11 is 1.21. The van der Waals surface area contributed by atoms with Gasteiger partial charge < -0.3 is 10.1 Å². The number of hydrogen-bond donors (Lipinski definition) is 1. The summed E-state index contributed by atoms with van der Waals surface area (Å²) in [5.74, 6) is 0.485. The van der Waals surface area contributed by atoms with E-state index in [9.17, 15) is 9.59 Å². The Kier molecular flexibility index (Phi) is 6.28. The summed E-state index contributed by atoms with van der Waals surface area (Å²) in [5, 5.41) is 3.88. The fourth-order valence-corrected chi connectivity index (χ4v) is 4.23. The topological polar surface area (TPSA) is 73.2 Å². The molecule has 0 aliphatic heterocycles. The van der Waals surface area contributed by atoms with E-state index in [1.54, 1.807) is 31.4 Å². The lowest BCUT2D eigenvalue weighted by Gasteiger charge is -2.16. The van der Waals surface area contributed by atoms with Crippen molar-refractivity contribution in [2.24, 2.45) is 0 Å². The van der Waals surface area contributed by atoms with E-state index in [2.05, 4.69) is 10.3 Å². The van der Waals surface area contributed by atoms with Gasteiger partial charge >= 0.3 is 0 Å². The number of anilines is 1. The second kappa shape index (κ2) is 9.28. The van der Waals surface area contributed by atoms with Crippen LogP contribution in [-0.2, 0) is 4.79 Å². The number of aromatic nitrogens is 2. The smallest absolute Gasteiger partial charge is 0.266 e. The maximum atomic E-state index is 13.4. The molecule has 0 saturated heterocycles. The number of hydrogen-bond acceptors (Lipinski definition) is 5. The van der Waals surface area contributed by atoms with Crippen LogP contribution >= 0.6 is 11.8 Å². The fourth-order valence-electron chi connectivity index (χ4n) is 3.42. The van der Waals surface area contributed by atoms with Crippen molar-refractivity contribution >= 4 is 34.3 Å². The van der Waals surface area contributed by atoms with Crippen molar-refractivity contribution < 1.29 is 9.53 Å². The Labute approximate surface area is 190 Å². The number of nitrogens with zero attached hydrogens (tertiary/aromatic N) is 2. The number of carbonyl (C=O) groups excluding carboxylic acids is 1. The van der Waals surface area contributed by atoms with E-state index < -0.39 is 0 Å². The largest absolute Gasteiger partial charge is 0.495 e. The van der Waals surface area contributed by atoms with Gasteiger partial charge in [0.15, 0.2) is 5.16 Å². The van der Waals surface area contributed by atoms with Crippen molar-refractivity contribution in [2.75, 3.05) is 18.2 Å². The SMILES string of the molecule is COc1ccccc1-n1c(SCC(=O)Nc2cc(C)ccc2C)nc2ccccc2c1=O. The van der Waals surface area contributed by atoms with Gasteiger partial charge in [-0.25, -0.2) is 4.98 Å². The highest BCUT2D eigenvalue weighted by atomic mass is 32.2. The Morgan fingerprint density at radius 1 is 1.06 bits per heavy atom. The second-order valence-electron chi connectivity index (χ2n) is 7.38. The van der Waals surface area contributed by atoms with Gasteiger partial charge in [-0.05, 0) is 55.3 Å². The third-order valence-corrected chi connectivity index (χ3v) is 6.01. The molecule has 7 heteroatoms. The van der Waals surface area contributed by atoms with E-state index in [1.165, 1.54) is 16.3 Å². The van der Waals surface area contributed by atoms with Crippen molar-refractivity contribution in [3.63, 3.8) is 0 Å². The molecule has 3 aromatic carbocycles. The Morgan fingerprint density at radius 3 is 2.62 bits per heavy atom. The molecule has 0 aliphatic carbocycles. The first-order chi connectivity index (χ1) is 15.5. The summed E-state index contributed by atoms with van der Waals surface area (Å²) in [5.41, 5.74) is 3.79. The minimum Gasteiger partial charge on any atom is -0.495 e. The van der Waals surface area contributed by atoms with E-state index in [-0.39, 0.29) is 17.2 Å². The second-order valence-corrected chi connectivity index (χ2v) is 8.32. The molecule has 0 unspecified atom stereocenters. The van der Waals surface area contributed by atoms with Crippen molar-refractivity contribution in [1.82, 2.24) is 9.55 Å². The standard InChI is InChI=1S/C25H23N3O3S/c1-16-12-13-17(2)20(14-16)26-23(29)15-32-25-27-19-9-5-4-8-18(19)24(30)28(25)21-10-6-7-11-22(21)31-3/h4-14H,15H2,1-3H3,(H,26,29). The molecule has 0 atom stereocenters. The van der Waals surface area contributed by atoms with E-state index in [1.807, 2.05) is 56.3 Å². The maximum absolute atomic E-state index is 13.4.